The van der Waals surface area contributed by atoms with E-state index in [0.717, 1.165) is 0 Å². The topological polar surface area (TPSA) is 69.2 Å². The molecule has 0 heterocycles. The van der Waals surface area contributed by atoms with Crippen LogP contribution in [0.4, 0.5) is 0 Å². The number of hydrogen-bond acceptors (Lipinski definition) is 3. The van der Waals surface area contributed by atoms with E-state index in [1.807, 2.05) is 0 Å². The normalized spacial score (nSPS) is 5.40. The Labute approximate surface area is 62.3 Å². The zero-order valence-corrected chi connectivity index (χ0v) is 4.83. The molecule has 0 aliphatic heterocycles. The summed E-state index contributed by atoms with van der Waals surface area (Å²) >= 11 is 0. The van der Waals surface area contributed by atoms with Crippen molar-refractivity contribution >= 4 is 7.32 Å². The molecule has 0 fully saturated rings. The van der Waals surface area contributed by atoms with Crippen molar-refractivity contribution in [1.29, 1.82) is 0 Å². The van der Waals surface area contributed by atoms with Gasteiger partial charge in [0.15, 0.2) is 0 Å². The van der Waals surface area contributed by atoms with Crippen LogP contribution >= 0.6 is 0 Å². The third-order valence-corrected chi connectivity index (χ3v) is 0. The summed E-state index contributed by atoms with van der Waals surface area (Å²) in [4.78, 5) is 0. The maximum atomic E-state index is 8.42. The fourth-order valence-electron chi connectivity index (χ4n) is 0. The smallest absolute Gasteiger partial charge is 0.907 e. The van der Waals surface area contributed by atoms with Gasteiger partial charge in [-0.15, -0.1) is 0 Å². The van der Waals surface area contributed by atoms with E-state index in [1.165, 1.54) is 0 Å². The van der Waals surface area contributed by atoms with Gasteiger partial charge in [-0.25, -0.2) is 0 Å². The molecule has 0 unspecified atom stereocenters. The Morgan fingerprint density at radius 1 is 1.00 bits per heavy atom. The second kappa shape index (κ2) is 5.28. The molecule has 0 saturated heterocycles. The van der Waals surface area contributed by atoms with E-state index in [0.29, 0.717) is 0 Å². The van der Waals surface area contributed by atoms with Crippen LogP contribution in [0.25, 0.3) is 0 Å². The molecule has 0 aliphatic rings. The van der Waals surface area contributed by atoms with E-state index in [9.17, 15) is 0 Å². The minimum absolute atomic E-state index is 0. The third kappa shape index (κ3) is 34.6. The first-order valence-electron chi connectivity index (χ1n) is 0.707. The van der Waals surface area contributed by atoms with Crippen molar-refractivity contribution in [3.8, 4) is 0 Å². The molecule has 0 aromatic heterocycles. The molecule has 5 heavy (non-hydrogen) atoms. The Kier molecular flexibility index (Phi) is 10.1. The maximum Gasteiger partial charge on any atom is 3.00 e. The van der Waals surface area contributed by atoms with Crippen LogP contribution in [-0.4, -0.2) is 7.32 Å². The largest absolute Gasteiger partial charge is 3.00 e. The molecule has 0 N–H and O–H groups in total. The van der Waals surface area contributed by atoms with E-state index in [2.05, 4.69) is 0 Å². The van der Waals surface area contributed by atoms with Crippen LogP contribution in [0.5, 0.6) is 0 Å². The minimum atomic E-state index is -2.92. The molecular formula is BO3Sm. The van der Waals surface area contributed by atoms with Crippen LogP contribution in [-0.2, 0) is 0 Å². The monoisotopic (exact) mass is 211 g/mol. The van der Waals surface area contributed by atoms with Crippen molar-refractivity contribution in [2.75, 3.05) is 0 Å². The van der Waals surface area contributed by atoms with Crippen LogP contribution in [0, 0.1) is 40.4 Å². The molecule has 5 heteroatoms. The Morgan fingerprint density at radius 2 is 1.00 bits per heavy atom. The first-order chi connectivity index (χ1) is 1.73. The summed E-state index contributed by atoms with van der Waals surface area (Å²) in [5.74, 6) is 0. The molecule has 0 rings (SSSR count). The van der Waals surface area contributed by atoms with E-state index >= 15 is 0 Å². The summed E-state index contributed by atoms with van der Waals surface area (Å²) in [5.41, 5.74) is 0. The fraction of sp³-hybridized carbons (Fsp3) is 0. The van der Waals surface area contributed by atoms with Crippen molar-refractivity contribution < 1.29 is 55.5 Å². The molecule has 1 radical (unpaired) electrons. The van der Waals surface area contributed by atoms with E-state index in [-0.39, 0.29) is 40.4 Å². The van der Waals surface area contributed by atoms with Gasteiger partial charge in [0.05, 0.1) is 0 Å². The Morgan fingerprint density at radius 3 is 1.00 bits per heavy atom. The average molecular weight is 209 g/mol. The van der Waals surface area contributed by atoms with Crippen molar-refractivity contribution in [2.24, 2.45) is 0 Å². The summed E-state index contributed by atoms with van der Waals surface area (Å²) in [6.45, 7) is 0. The summed E-state index contributed by atoms with van der Waals surface area (Å²) < 4.78 is 0. The van der Waals surface area contributed by atoms with Gasteiger partial charge in [-0.3, -0.25) is 7.32 Å². The van der Waals surface area contributed by atoms with Gasteiger partial charge in [-0.05, 0) is 0 Å². The van der Waals surface area contributed by atoms with Crippen molar-refractivity contribution in [1.82, 2.24) is 0 Å². The Bertz CT molecular complexity index is 11.6. The molecule has 0 bridgehead atoms. The average Bonchev–Trinajstić information content (AvgIpc) is 0.811. The van der Waals surface area contributed by atoms with E-state index in [4.69, 9.17) is 15.1 Å². The minimum Gasteiger partial charge on any atom is -0.907 e. The van der Waals surface area contributed by atoms with Crippen molar-refractivity contribution in [3.63, 3.8) is 0 Å². The van der Waals surface area contributed by atoms with Crippen LogP contribution < -0.4 is 15.1 Å². The number of hydrogen-bond donors (Lipinski definition) is 0. The third-order valence-electron chi connectivity index (χ3n) is 0. The standard InChI is InChI=1S/BO3.Sm/c2-1(3)4;/q-3;+3. The van der Waals surface area contributed by atoms with Crippen LogP contribution in [0.2, 0.25) is 0 Å². The van der Waals surface area contributed by atoms with Crippen LogP contribution in [0.15, 0.2) is 0 Å². The second-order valence-electron chi connectivity index (χ2n) is 0.289. The zero-order chi connectivity index (χ0) is 3.58. The van der Waals surface area contributed by atoms with Crippen LogP contribution in [0.1, 0.15) is 0 Å². The van der Waals surface area contributed by atoms with Gasteiger partial charge >= 0.3 is 40.4 Å². The molecular weight excluding hydrogens is 209 g/mol. The first-order valence-corrected chi connectivity index (χ1v) is 0.707. The summed E-state index contributed by atoms with van der Waals surface area (Å²) in [7, 11) is -2.92. The number of rotatable bonds is 0. The Hall–Kier alpha value is 1.28. The van der Waals surface area contributed by atoms with Gasteiger partial charge in [-0.2, -0.15) is 0 Å². The molecule has 0 atom stereocenters. The van der Waals surface area contributed by atoms with Gasteiger partial charge < -0.3 is 15.1 Å². The van der Waals surface area contributed by atoms with Gasteiger partial charge in [0.1, 0.15) is 0 Å². The molecule has 0 amide bonds. The van der Waals surface area contributed by atoms with Gasteiger partial charge in [0.2, 0.25) is 0 Å². The van der Waals surface area contributed by atoms with Gasteiger partial charge in [0.25, 0.3) is 0 Å². The molecule has 27 valence electrons. The molecule has 0 saturated carbocycles. The van der Waals surface area contributed by atoms with Crippen molar-refractivity contribution in [2.45, 2.75) is 0 Å². The fourth-order valence-corrected chi connectivity index (χ4v) is 0. The predicted molar refractivity (Wildman–Crippen MR) is 5.75 cm³/mol. The molecule has 3 nitrogen and oxygen atoms in total. The van der Waals surface area contributed by atoms with E-state index in [1.54, 1.807) is 0 Å². The van der Waals surface area contributed by atoms with Crippen LogP contribution in [0.3, 0.4) is 0 Å². The van der Waals surface area contributed by atoms with E-state index < -0.39 is 7.32 Å². The van der Waals surface area contributed by atoms with Crippen molar-refractivity contribution in [3.05, 3.63) is 0 Å². The summed E-state index contributed by atoms with van der Waals surface area (Å²) in [5, 5.41) is 25.2. The maximum absolute atomic E-state index is 8.42. The summed E-state index contributed by atoms with van der Waals surface area (Å²) in [6, 6.07) is 0. The van der Waals surface area contributed by atoms with Gasteiger partial charge in [-0.1, -0.05) is 0 Å². The molecule has 0 aromatic rings. The second-order valence-corrected chi connectivity index (χ2v) is 0.289. The van der Waals surface area contributed by atoms with Gasteiger partial charge in [0, 0.05) is 0 Å². The first kappa shape index (κ1) is 9.56. The zero-order valence-electron chi connectivity index (χ0n) is 2.21. The summed E-state index contributed by atoms with van der Waals surface area (Å²) in [6.07, 6.45) is 0. The molecule has 0 aromatic carbocycles. The predicted octanol–water partition coefficient (Wildman–Crippen LogP) is -3.95. The molecule has 0 aliphatic carbocycles. The Balaban J connectivity index is 0. The SMILES string of the molecule is [O-]B([O-])[O-].[Sm+3]. The quantitative estimate of drug-likeness (QED) is 0.382. The molecule has 0 spiro atoms.